The van der Waals surface area contributed by atoms with Crippen molar-refractivity contribution in [1.82, 2.24) is 4.31 Å². The monoisotopic (exact) mass is 516 g/mol. The van der Waals surface area contributed by atoms with Gasteiger partial charge in [0.1, 0.15) is 6.54 Å². The van der Waals surface area contributed by atoms with Gasteiger partial charge < -0.3 is 21.5 Å². The van der Waals surface area contributed by atoms with Gasteiger partial charge >= 0.3 is 0 Å². The molecule has 0 aromatic heterocycles. The van der Waals surface area contributed by atoms with Crippen molar-refractivity contribution in [2.24, 2.45) is 0 Å². The minimum atomic E-state index is -3.10. The molecule has 180 valence electrons. The minimum absolute atomic E-state index is 0. The average Bonchev–Trinajstić information content (AvgIpc) is 2.69. The summed E-state index contributed by atoms with van der Waals surface area (Å²) in [6, 6.07) is 8.67. The van der Waals surface area contributed by atoms with Gasteiger partial charge in [0.25, 0.3) is 0 Å². The predicted octanol–water partition coefficient (Wildman–Crippen LogP) is 2.51. The van der Waals surface area contributed by atoms with E-state index in [-0.39, 0.29) is 17.0 Å². The van der Waals surface area contributed by atoms with Crippen molar-refractivity contribution in [2.45, 2.75) is 84.6 Å². The van der Waals surface area contributed by atoms with Gasteiger partial charge in [0.2, 0.25) is 10.0 Å². The maximum Gasteiger partial charge on any atom is 0.214 e. The van der Waals surface area contributed by atoms with Gasteiger partial charge in [0, 0.05) is 5.56 Å². The Labute approximate surface area is 202 Å². The van der Waals surface area contributed by atoms with Crippen LogP contribution in [0.25, 0.3) is 0 Å². The highest BCUT2D eigenvalue weighted by atomic mass is 79.9. The SMILES string of the molecule is CCCCCCCCCCCCS(=O)(=O)N1CC[N+](C)(Cc2cccc(C)c2)CC1.[Br-]. The molecular formula is C25H45BrN2O2S. The summed E-state index contributed by atoms with van der Waals surface area (Å²) in [7, 11) is -0.839. The number of nitrogens with zero attached hydrogens (tertiary/aromatic N) is 2. The largest absolute Gasteiger partial charge is 1.00 e. The fourth-order valence-electron chi connectivity index (χ4n) is 4.52. The Morgan fingerprint density at radius 3 is 2.00 bits per heavy atom. The predicted molar refractivity (Wildman–Crippen MR) is 128 cm³/mol. The molecule has 0 atom stereocenters. The fraction of sp³-hybridized carbons (Fsp3) is 0.760. The molecule has 0 unspecified atom stereocenters. The lowest BCUT2D eigenvalue weighted by Crippen LogP contribution is -3.00. The number of quaternary nitrogens is 1. The number of halogens is 1. The first kappa shape index (κ1) is 28.6. The smallest absolute Gasteiger partial charge is 0.214 e. The molecular weight excluding hydrogens is 472 g/mol. The Hall–Kier alpha value is -0.430. The number of rotatable bonds is 14. The molecule has 4 nitrogen and oxygen atoms in total. The Morgan fingerprint density at radius 1 is 0.903 bits per heavy atom. The standard InChI is InChI=1S/C25H45N2O2S.BrH/c1-4-5-6-7-8-9-10-11-12-13-21-30(28,29)26-17-19-27(3,20-18-26)23-25-16-14-15-24(2)22-25;/h14-16,22H,4-13,17-21,23H2,1-3H3;1H/q+1;/p-1. The maximum atomic E-state index is 12.8. The second kappa shape index (κ2) is 14.7. The van der Waals surface area contributed by atoms with E-state index in [2.05, 4.69) is 45.2 Å². The molecule has 0 spiro atoms. The molecule has 6 heteroatoms. The Morgan fingerprint density at radius 2 is 1.45 bits per heavy atom. The van der Waals surface area contributed by atoms with E-state index in [0.717, 1.165) is 37.0 Å². The van der Waals surface area contributed by atoms with Gasteiger partial charge in [-0.15, -0.1) is 0 Å². The third-order valence-corrected chi connectivity index (χ3v) is 8.53. The van der Waals surface area contributed by atoms with Crippen molar-refractivity contribution in [3.8, 4) is 0 Å². The van der Waals surface area contributed by atoms with Crippen LogP contribution in [0.15, 0.2) is 24.3 Å². The average molecular weight is 518 g/mol. The van der Waals surface area contributed by atoms with Crippen LogP contribution in [0.3, 0.4) is 0 Å². The normalized spacial score (nSPS) is 16.7. The van der Waals surface area contributed by atoms with Gasteiger partial charge in [-0.1, -0.05) is 94.5 Å². The van der Waals surface area contributed by atoms with Gasteiger partial charge in [0.05, 0.1) is 39.0 Å². The summed E-state index contributed by atoms with van der Waals surface area (Å²) >= 11 is 0. The molecule has 1 aliphatic heterocycles. The number of sulfonamides is 1. The van der Waals surface area contributed by atoms with E-state index in [1.54, 1.807) is 4.31 Å². The first-order chi connectivity index (χ1) is 14.3. The van der Waals surface area contributed by atoms with E-state index in [4.69, 9.17) is 0 Å². The van der Waals surface area contributed by atoms with Crippen molar-refractivity contribution in [1.29, 1.82) is 0 Å². The number of hydrogen-bond acceptors (Lipinski definition) is 2. The molecule has 1 heterocycles. The Bertz CT molecular complexity index is 716. The van der Waals surface area contributed by atoms with Crippen LogP contribution < -0.4 is 17.0 Å². The third kappa shape index (κ3) is 10.8. The minimum Gasteiger partial charge on any atom is -1.00 e. The lowest BCUT2D eigenvalue weighted by Gasteiger charge is -2.41. The highest BCUT2D eigenvalue weighted by Crippen LogP contribution is 2.19. The zero-order valence-electron chi connectivity index (χ0n) is 20.1. The summed E-state index contributed by atoms with van der Waals surface area (Å²) in [4.78, 5) is 0. The molecule has 31 heavy (non-hydrogen) atoms. The summed E-state index contributed by atoms with van der Waals surface area (Å²) in [6.45, 7) is 8.46. The zero-order valence-corrected chi connectivity index (χ0v) is 22.5. The number of aryl methyl sites for hydroxylation is 1. The topological polar surface area (TPSA) is 37.4 Å². The molecule has 0 radical (unpaired) electrons. The van der Waals surface area contributed by atoms with Crippen molar-refractivity contribution in [3.05, 3.63) is 35.4 Å². The quantitative estimate of drug-likeness (QED) is 0.281. The Kier molecular flexibility index (Phi) is 13.5. The molecule has 0 amide bonds. The van der Waals surface area contributed by atoms with E-state index in [1.807, 2.05) is 0 Å². The molecule has 1 saturated heterocycles. The van der Waals surface area contributed by atoms with Crippen molar-refractivity contribution in [2.75, 3.05) is 39.0 Å². The highest BCUT2D eigenvalue weighted by Gasteiger charge is 2.34. The van der Waals surface area contributed by atoms with Crippen LogP contribution in [0.1, 0.15) is 82.3 Å². The summed E-state index contributed by atoms with van der Waals surface area (Å²) < 4.78 is 28.2. The highest BCUT2D eigenvalue weighted by molar-refractivity contribution is 7.89. The second-order valence-corrected chi connectivity index (χ2v) is 11.7. The number of likely N-dealkylation sites (N-methyl/N-ethyl adjacent to an activating group) is 1. The van der Waals surface area contributed by atoms with Crippen LogP contribution in [0.4, 0.5) is 0 Å². The molecule has 0 aliphatic carbocycles. The zero-order chi connectivity index (χ0) is 21.9. The lowest BCUT2D eigenvalue weighted by atomic mass is 10.1. The first-order valence-corrected chi connectivity index (χ1v) is 13.8. The summed E-state index contributed by atoms with van der Waals surface area (Å²) in [5.41, 5.74) is 2.64. The lowest BCUT2D eigenvalue weighted by molar-refractivity contribution is -0.925. The van der Waals surface area contributed by atoms with Crippen LogP contribution in [0.2, 0.25) is 0 Å². The molecule has 1 aromatic carbocycles. The van der Waals surface area contributed by atoms with Crippen LogP contribution in [0, 0.1) is 6.92 Å². The van der Waals surface area contributed by atoms with Crippen LogP contribution >= 0.6 is 0 Å². The second-order valence-electron chi connectivity index (χ2n) is 9.61. The van der Waals surface area contributed by atoms with E-state index in [0.29, 0.717) is 18.8 Å². The van der Waals surface area contributed by atoms with E-state index in [1.165, 1.54) is 62.5 Å². The molecule has 0 N–H and O–H groups in total. The van der Waals surface area contributed by atoms with E-state index >= 15 is 0 Å². The molecule has 2 rings (SSSR count). The van der Waals surface area contributed by atoms with Crippen molar-refractivity contribution in [3.63, 3.8) is 0 Å². The van der Waals surface area contributed by atoms with Gasteiger partial charge in [-0.2, -0.15) is 4.31 Å². The third-order valence-electron chi connectivity index (χ3n) is 6.57. The van der Waals surface area contributed by atoms with Crippen LogP contribution in [-0.2, 0) is 16.6 Å². The number of piperazine rings is 1. The molecule has 1 aromatic rings. The maximum absolute atomic E-state index is 12.8. The summed E-state index contributed by atoms with van der Waals surface area (Å²) in [5.74, 6) is 0.324. The Balaban J connectivity index is 0.00000480. The van der Waals surface area contributed by atoms with Gasteiger partial charge in [-0.3, -0.25) is 0 Å². The molecule has 0 saturated carbocycles. The first-order valence-electron chi connectivity index (χ1n) is 12.2. The van der Waals surface area contributed by atoms with E-state index in [9.17, 15) is 8.42 Å². The van der Waals surface area contributed by atoms with Gasteiger partial charge in [-0.25, -0.2) is 8.42 Å². The number of hydrogen-bond donors (Lipinski definition) is 0. The van der Waals surface area contributed by atoms with Crippen molar-refractivity contribution >= 4 is 10.0 Å². The molecule has 0 bridgehead atoms. The molecule has 1 aliphatic rings. The molecule has 1 fully saturated rings. The van der Waals surface area contributed by atoms with Crippen molar-refractivity contribution < 1.29 is 29.9 Å². The van der Waals surface area contributed by atoms with Crippen LogP contribution in [0.5, 0.6) is 0 Å². The van der Waals surface area contributed by atoms with Gasteiger partial charge in [-0.05, 0) is 13.3 Å². The number of benzene rings is 1. The fourth-order valence-corrected chi connectivity index (χ4v) is 6.06. The number of unbranched alkanes of at least 4 members (excludes halogenated alkanes) is 9. The van der Waals surface area contributed by atoms with E-state index < -0.39 is 10.0 Å². The summed E-state index contributed by atoms with van der Waals surface area (Å²) in [5, 5.41) is 0. The van der Waals surface area contributed by atoms with Gasteiger partial charge in [0.15, 0.2) is 0 Å². The summed E-state index contributed by atoms with van der Waals surface area (Å²) in [6.07, 6.45) is 12.3. The van der Waals surface area contributed by atoms with Crippen LogP contribution in [-0.4, -0.2) is 56.2 Å².